The number of hydrogen-bond acceptors (Lipinski definition) is 5. The number of sulfonamides is 1. The number of nitrogens with one attached hydrogen (secondary N) is 1. The van der Waals surface area contributed by atoms with E-state index in [0.29, 0.717) is 37.7 Å². The van der Waals surface area contributed by atoms with Crippen LogP contribution in [0.3, 0.4) is 0 Å². The summed E-state index contributed by atoms with van der Waals surface area (Å²) in [5, 5.41) is 2.77. The molecule has 1 N–H and O–H groups in total. The summed E-state index contributed by atoms with van der Waals surface area (Å²) < 4.78 is 37.5. The van der Waals surface area contributed by atoms with Gasteiger partial charge in [-0.25, -0.2) is 8.42 Å². The van der Waals surface area contributed by atoms with Gasteiger partial charge in [0.1, 0.15) is 5.75 Å². The van der Waals surface area contributed by atoms with Gasteiger partial charge in [0.2, 0.25) is 10.0 Å². The van der Waals surface area contributed by atoms with Crippen LogP contribution in [0, 0.1) is 6.92 Å². The first-order chi connectivity index (χ1) is 12.9. The minimum Gasteiger partial charge on any atom is -0.496 e. The molecule has 0 radical (unpaired) electrons. The van der Waals surface area contributed by atoms with Crippen LogP contribution in [0.15, 0.2) is 47.4 Å². The second kappa shape index (κ2) is 8.08. The van der Waals surface area contributed by atoms with Crippen LogP contribution in [0.4, 0.5) is 5.69 Å². The van der Waals surface area contributed by atoms with Gasteiger partial charge in [-0.1, -0.05) is 17.7 Å². The Labute approximate surface area is 158 Å². The van der Waals surface area contributed by atoms with Crippen molar-refractivity contribution < 1.29 is 22.7 Å². The molecule has 27 heavy (non-hydrogen) atoms. The monoisotopic (exact) mass is 390 g/mol. The van der Waals surface area contributed by atoms with Crippen LogP contribution < -0.4 is 10.1 Å². The minimum absolute atomic E-state index is 0.0549. The van der Waals surface area contributed by atoms with Crippen molar-refractivity contribution in [3.05, 3.63) is 53.6 Å². The molecule has 3 rings (SSSR count). The summed E-state index contributed by atoms with van der Waals surface area (Å²) in [7, 11) is -2.27. The number of hydrogen-bond donors (Lipinski definition) is 1. The molecular weight excluding hydrogens is 368 g/mol. The Morgan fingerprint density at radius 1 is 1.11 bits per heavy atom. The Kier molecular flexibility index (Phi) is 5.79. The van der Waals surface area contributed by atoms with E-state index in [9.17, 15) is 13.2 Å². The van der Waals surface area contributed by atoms with Gasteiger partial charge in [0.15, 0.2) is 0 Å². The lowest BCUT2D eigenvalue weighted by Gasteiger charge is -2.26. The molecule has 1 amide bonds. The third kappa shape index (κ3) is 4.29. The number of benzene rings is 2. The SMILES string of the molecule is COc1ccc(S(=O)(=O)N2CCOCC2)cc1C(=O)Nc1ccc(C)cc1. The van der Waals surface area contributed by atoms with Crippen molar-refractivity contribution in [1.29, 1.82) is 0 Å². The van der Waals surface area contributed by atoms with Gasteiger partial charge in [0, 0.05) is 18.8 Å². The van der Waals surface area contributed by atoms with E-state index < -0.39 is 15.9 Å². The fourth-order valence-electron chi connectivity index (χ4n) is 2.80. The van der Waals surface area contributed by atoms with Gasteiger partial charge >= 0.3 is 0 Å². The Morgan fingerprint density at radius 2 is 1.78 bits per heavy atom. The smallest absolute Gasteiger partial charge is 0.259 e. The first kappa shape index (κ1) is 19.3. The van der Waals surface area contributed by atoms with E-state index in [0.717, 1.165) is 5.56 Å². The van der Waals surface area contributed by atoms with E-state index in [1.54, 1.807) is 12.1 Å². The summed E-state index contributed by atoms with van der Waals surface area (Å²) in [6.45, 7) is 3.25. The van der Waals surface area contributed by atoms with Gasteiger partial charge in [-0.2, -0.15) is 4.31 Å². The van der Waals surface area contributed by atoms with Crippen LogP contribution in [0.1, 0.15) is 15.9 Å². The topological polar surface area (TPSA) is 84.9 Å². The molecule has 1 aliphatic heterocycles. The maximum absolute atomic E-state index is 12.9. The third-order valence-electron chi connectivity index (χ3n) is 4.33. The van der Waals surface area contributed by atoms with Crippen LogP contribution in [-0.4, -0.2) is 52.0 Å². The number of anilines is 1. The Morgan fingerprint density at radius 3 is 2.41 bits per heavy atom. The normalized spacial score (nSPS) is 15.3. The van der Waals surface area contributed by atoms with Gasteiger partial charge in [-0.05, 0) is 37.3 Å². The fraction of sp³-hybridized carbons (Fsp3) is 0.316. The van der Waals surface area contributed by atoms with E-state index in [1.165, 1.54) is 29.6 Å². The average molecular weight is 390 g/mol. The molecule has 2 aromatic carbocycles. The first-order valence-electron chi connectivity index (χ1n) is 8.56. The van der Waals surface area contributed by atoms with E-state index in [-0.39, 0.29) is 10.5 Å². The molecule has 1 heterocycles. The molecule has 1 aliphatic rings. The maximum atomic E-state index is 12.9. The summed E-state index contributed by atoms with van der Waals surface area (Å²) in [6.07, 6.45) is 0. The van der Waals surface area contributed by atoms with E-state index in [4.69, 9.17) is 9.47 Å². The Bertz CT molecular complexity index is 920. The summed E-state index contributed by atoms with van der Waals surface area (Å²) in [5.41, 5.74) is 1.85. The zero-order valence-electron chi connectivity index (χ0n) is 15.3. The van der Waals surface area contributed by atoms with Gasteiger partial charge in [-0.15, -0.1) is 0 Å². The standard InChI is InChI=1S/C19H22N2O5S/c1-14-3-5-15(6-4-14)20-19(22)17-13-16(7-8-18(17)25-2)27(23,24)21-9-11-26-12-10-21/h3-8,13H,9-12H2,1-2H3,(H,20,22). The van der Waals surface area contributed by atoms with Crippen molar-refractivity contribution in [2.75, 3.05) is 38.7 Å². The second-order valence-electron chi connectivity index (χ2n) is 6.20. The molecule has 0 bridgehead atoms. The number of methoxy groups -OCH3 is 1. The molecule has 144 valence electrons. The minimum atomic E-state index is -3.70. The molecule has 0 unspecified atom stereocenters. The van der Waals surface area contributed by atoms with E-state index in [1.807, 2.05) is 19.1 Å². The van der Waals surface area contributed by atoms with Crippen LogP contribution in [-0.2, 0) is 14.8 Å². The fourth-order valence-corrected chi connectivity index (χ4v) is 4.23. The predicted octanol–water partition coefficient (Wildman–Crippen LogP) is 2.28. The third-order valence-corrected chi connectivity index (χ3v) is 6.23. The Balaban J connectivity index is 1.91. The van der Waals surface area contributed by atoms with Crippen LogP contribution in [0.5, 0.6) is 5.75 Å². The predicted molar refractivity (Wildman–Crippen MR) is 102 cm³/mol. The van der Waals surface area contributed by atoms with Crippen molar-refractivity contribution >= 4 is 21.6 Å². The average Bonchev–Trinajstić information content (AvgIpc) is 2.69. The molecular formula is C19H22N2O5S. The molecule has 7 nitrogen and oxygen atoms in total. The summed E-state index contributed by atoms with van der Waals surface area (Å²) in [4.78, 5) is 12.8. The number of nitrogens with zero attached hydrogens (tertiary/aromatic N) is 1. The summed E-state index contributed by atoms with van der Waals surface area (Å²) in [5.74, 6) is -0.129. The van der Waals surface area contributed by atoms with Gasteiger partial charge < -0.3 is 14.8 Å². The van der Waals surface area contributed by atoms with Crippen LogP contribution in [0.2, 0.25) is 0 Å². The first-order valence-corrected chi connectivity index (χ1v) is 10.00. The lowest BCUT2D eigenvalue weighted by Crippen LogP contribution is -2.40. The van der Waals surface area contributed by atoms with Gasteiger partial charge in [0.25, 0.3) is 5.91 Å². The second-order valence-corrected chi connectivity index (χ2v) is 8.14. The lowest BCUT2D eigenvalue weighted by atomic mass is 10.1. The number of carbonyl (C=O) groups is 1. The lowest BCUT2D eigenvalue weighted by molar-refractivity contribution is 0.0730. The largest absolute Gasteiger partial charge is 0.496 e. The van der Waals surface area contributed by atoms with Crippen molar-refractivity contribution in [1.82, 2.24) is 4.31 Å². The van der Waals surface area contributed by atoms with Crippen LogP contribution >= 0.6 is 0 Å². The Hall–Kier alpha value is -2.42. The molecule has 2 aromatic rings. The number of rotatable bonds is 5. The molecule has 0 spiro atoms. The van der Waals surface area contributed by atoms with E-state index >= 15 is 0 Å². The van der Waals surface area contributed by atoms with Crippen molar-refractivity contribution in [2.45, 2.75) is 11.8 Å². The molecule has 0 aliphatic carbocycles. The number of morpholine rings is 1. The number of carbonyl (C=O) groups excluding carboxylic acids is 1. The molecule has 8 heteroatoms. The zero-order chi connectivity index (χ0) is 19.4. The quantitative estimate of drug-likeness (QED) is 0.847. The highest BCUT2D eigenvalue weighted by molar-refractivity contribution is 7.89. The molecule has 0 saturated carbocycles. The van der Waals surface area contributed by atoms with E-state index in [2.05, 4.69) is 5.32 Å². The molecule has 0 atom stereocenters. The van der Waals surface area contributed by atoms with Crippen molar-refractivity contribution in [3.63, 3.8) is 0 Å². The highest BCUT2D eigenvalue weighted by Gasteiger charge is 2.28. The molecule has 1 saturated heterocycles. The number of amides is 1. The van der Waals surface area contributed by atoms with Crippen molar-refractivity contribution in [2.24, 2.45) is 0 Å². The van der Waals surface area contributed by atoms with Gasteiger partial charge in [0.05, 0.1) is 30.8 Å². The van der Waals surface area contributed by atoms with Crippen LogP contribution in [0.25, 0.3) is 0 Å². The maximum Gasteiger partial charge on any atom is 0.259 e. The zero-order valence-corrected chi connectivity index (χ0v) is 16.1. The highest BCUT2D eigenvalue weighted by atomic mass is 32.2. The molecule has 1 fully saturated rings. The molecule has 0 aromatic heterocycles. The number of aryl methyl sites for hydroxylation is 1. The summed E-state index contributed by atoms with van der Waals surface area (Å²) in [6, 6.07) is 11.6. The van der Waals surface area contributed by atoms with Gasteiger partial charge in [-0.3, -0.25) is 4.79 Å². The van der Waals surface area contributed by atoms with Crippen molar-refractivity contribution in [3.8, 4) is 5.75 Å². The number of ether oxygens (including phenoxy) is 2. The summed E-state index contributed by atoms with van der Waals surface area (Å²) >= 11 is 0. The highest BCUT2D eigenvalue weighted by Crippen LogP contribution is 2.26.